The van der Waals surface area contributed by atoms with Crippen molar-refractivity contribution in [3.63, 3.8) is 0 Å². The minimum absolute atomic E-state index is 0.155. The van der Waals surface area contributed by atoms with Crippen molar-refractivity contribution in [2.45, 2.75) is 53.4 Å². The zero-order valence-corrected chi connectivity index (χ0v) is 18.5. The summed E-state index contributed by atoms with van der Waals surface area (Å²) in [5.74, 6) is -0.643. The summed E-state index contributed by atoms with van der Waals surface area (Å²) >= 11 is 0. The van der Waals surface area contributed by atoms with E-state index in [0.29, 0.717) is 0 Å². The maximum Gasteiger partial charge on any atom is 0.171 e. The highest BCUT2D eigenvalue weighted by Crippen LogP contribution is 2.29. The van der Waals surface area contributed by atoms with Crippen LogP contribution in [0.4, 0.5) is 4.39 Å². The largest absolute Gasteiger partial charge is 0.293 e. The summed E-state index contributed by atoms with van der Waals surface area (Å²) in [6.45, 7) is 7.64. The van der Waals surface area contributed by atoms with Gasteiger partial charge in [-0.1, -0.05) is 95.1 Å². The first kappa shape index (κ1) is 22.0. The van der Waals surface area contributed by atoms with Crippen LogP contribution in [0.15, 0.2) is 66.7 Å². The maximum atomic E-state index is 14.6. The zero-order chi connectivity index (χ0) is 21.7. The molecule has 0 aliphatic rings. The summed E-state index contributed by atoms with van der Waals surface area (Å²) in [7, 11) is 0. The Hall–Kier alpha value is -2.74. The van der Waals surface area contributed by atoms with Crippen LogP contribution in [0.1, 0.15) is 62.9 Å². The van der Waals surface area contributed by atoms with Crippen molar-refractivity contribution in [1.82, 2.24) is 0 Å². The summed E-state index contributed by atoms with van der Waals surface area (Å²) in [5, 5.41) is 0. The summed E-state index contributed by atoms with van der Waals surface area (Å²) < 4.78 is 14.6. The summed E-state index contributed by atoms with van der Waals surface area (Å²) in [5.41, 5.74) is 4.96. The minimum Gasteiger partial charge on any atom is -0.293 e. The molecular weight excluding hydrogens is 371 g/mol. The molecule has 0 heterocycles. The molecule has 0 N–H and O–H groups in total. The second-order valence-corrected chi connectivity index (χ2v) is 9.01. The van der Waals surface area contributed by atoms with E-state index in [1.165, 1.54) is 36.5 Å². The van der Waals surface area contributed by atoms with Crippen LogP contribution in [-0.4, -0.2) is 5.78 Å². The number of rotatable bonds is 7. The molecule has 3 rings (SSSR count). The van der Waals surface area contributed by atoms with Crippen molar-refractivity contribution in [2.75, 3.05) is 0 Å². The number of Topliss-reactive ketones (excluding diaryl/α,β-unsaturated/α-hetero) is 1. The van der Waals surface area contributed by atoms with Crippen LogP contribution in [-0.2, 0) is 6.42 Å². The van der Waals surface area contributed by atoms with Gasteiger partial charge in [0.1, 0.15) is 5.82 Å². The van der Waals surface area contributed by atoms with E-state index in [1.54, 1.807) is 26.8 Å². The van der Waals surface area contributed by atoms with E-state index in [0.717, 1.165) is 23.1 Å². The van der Waals surface area contributed by atoms with E-state index in [-0.39, 0.29) is 11.3 Å². The molecule has 0 saturated heterocycles. The van der Waals surface area contributed by atoms with Crippen molar-refractivity contribution in [1.29, 1.82) is 0 Å². The van der Waals surface area contributed by atoms with Crippen LogP contribution in [0.5, 0.6) is 0 Å². The fourth-order valence-corrected chi connectivity index (χ4v) is 3.58. The number of hydrogen-bond donors (Lipinski definition) is 0. The molecule has 1 nitrogen and oxygen atoms in total. The van der Waals surface area contributed by atoms with Crippen LogP contribution in [0.3, 0.4) is 0 Å². The van der Waals surface area contributed by atoms with Crippen LogP contribution < -0.4 is 0 Å². The molecule has 2 heteroatoms. The van der Waals surface area contributed by atoms with Crippen LogP contribution in [0.2, 0.25) is 0 Å². The molecule has 0 bridgehead atoms. The Morgan fingerprint density at radius 1 is 0.767 bits per heavy atom. The lowest BCUT2D eigenvalue weighted by atomic mass is 9.86. The lowest BCUT2D eigenvalue weighted by molar-refractivity contribution is 0.0854. The Kier molecular flexibility index (Phi) is 6.87. The molecule has 0 fully saturated rings. The van der Waals surface area contributed by atoms with Gasteiger partial charge in [-0.05, 0) is 52.8 Å². The Morgan fingerprint density at radius 2 is 1.27 bits per heavy atom. The lowest BCUT2D eigenvalue weighted by Crippen LogP contribution is -2.21. The Balaban J connectivity index is 1.76. The van der Waals surface area contributed by atoms with Gasteiger partial charge in [0, 0.05) is 5.41 Å². The monoisotopic (exact) mass is 402 g/mol. The predicted molar refractivity (Wildman–Crippen MR) is 124 cm³/mol. The quantitative estimate of drug-likeness (QED) is 0.288. The van der Waals surface area contributed by atoms with E-state index in [4.69, 9.17) is 0 Å². The molecule has 0 aromatic heterocycles. The van der Waals surface area contributed by atoms with E-state index < -0.39 is 11.2 Å². The van der Waals surface area contributed by atoms with Gasteiger partial charge in [-0.3, -0.25) is 4.79 Å². The van der Waals surface area contributed by atoms with Gasteiger partial charge >= 0.3 is 0 Å². The van der Waals surface area contributed by atoms with E-state index in [9.17, 15) is 9.18 Å². The van der Waals surface area contributed by atoms with Gasteiger partial charge in [-0.25, -0.2) is 4.39 Å². The molecule has 0 aliphatic carbocycles. The molecule has 0 radical (unpaired) electrons. The van der Waals surface area contributed by atoms with Gasteiger partial charge in [-0.15, -0.1) is 0 Å². The number of ketones is 1. The molecule has 0 atom stereocenters. The van der Waals surface area contributed by atoms with E-state index >= 15 is 0 Å². The fourth-order valence-electron chi connectivity index (χ4n) is 3.58. The zero-order valence-electron chi connectivity index (χ0n) is 18.5. The van der Waals surface area contributed by atoms with Gasteiger partial charge in [-0.2, -0.15) is 0 Å². The number of aryl methyl sites for hydroxylation is 1. The Labute approximate surface area is 180 Å². The van der Waals surface area contributed by atoms with Crippen molar-refractivity contribution >= 4 is 5.78 Å². The van der Waals surface area contributed by atoms with Crippen LogP contribution in [0.25, 0.3) is 22.3 Å². The Bertz CT molecular complexity index is 992. The first-order chi connectivity index (χ1) is 14.3. The first-order valence-electron chi connectivity index (χ1n) is 10.8. The Morgan fingerprint density at radius 3 is 1.77 bits per heavy atom. The van der Waals surface area contributed by atoms with E-state index in [1.807, 2.05) is 18.2 Å². The molecule has 3 aromatic carbocycles. The molecule has 0 unspecified atom stereocenters. The van der Waals surface area contributed by atoms with Crippen molar-refractivity contribution < 1.29 is 9.18 Å². The van der Waals surface area contributed by atoms with Gasteiger partial charge in [0.15, 0.2) is 5.78 Å². The highest BCUT2D eigenvalue weighted by atomic mass is 19.1. The molecular formula is C28H31FO. The number of hydrogen-bond acceptors (Lipinski definition) is 1. The van der Waals surface area contributed by atoms with Crippen molar-refractivity contribution in [3.8, 4) is 22.3 Å². The fraction of sp³-hybridized carbons (Fsp3) is 0.321. The molecule has 30 heavy (non-hydrogen) atoms. The molecule has 0 spiro atoms. The number of benzene rings is 3. The normalized spacial score (nSPS) is 11.5. The van der Waals surface area contributed by atoms with Crippen molar-refractivity contribution in [2.24, 2.45) is 5.41 Å². The molecule has 3 aromatic rings. The van der Waals surface area contributed by atoms with Gasteiger partial charge < -0.3 is 0 Å². The van der Waals surface area contributed by atoms with Gasteiger partial charge in [0.2, 0.25) is 0 Å². The highest BCUT2D eigenvalue weighted by Gasteiger charge is 2.25. The third-order valence-electron chi connectivity index (χ3n) is 5.47. The van der Waals surface area contributed by atoms with E-state index in [2.05, 4.69) is 43.3 Å². The SMILES string of the molecule is CCCCCc1ccc(-c2ccc(-c3ccc(C(=O)C(C)(C)C)c(F)c3)cc2)cc1. The number of unbranched alkanes of at least 4 members (excludes halogenated alkanes) is 2. The average Bonchev–Trinajstić information content (AvgIpc) is 2.73. The van der Waals surface area contributed by atoms with Crippen LogP contribution in [0, 0.1) is 11.2 Å². The smallest absolute Gasteiger partial charge is 0.171 e. The highest BCUT2D eigenvalue weighted by molar-refractivity contribution is 6.00. The predicted octanol–water partition coefficient (Wildman–Crippen LogP) is 8.12. The third-order valence-corrected chi connectivity index (χ3v) is 5.47. The topological polar surface area (TPSA) is 17.1 Å². The molecule has 0 aliphatic heterocycles. The number of carbonyl (C=O) groups excluding carboxylic acids is 1. The number of halogens is 1. The number of carbonyl (C=O) groups is 1. The second-order valence-electron chi connectivity index (χ2n) is 9.01. The lowest BCUT2D eigenvalue weighted by Gasteiger charge is -2.17. The maximum absolute atomic E-state index is 14.6. The summed E-state index contributed by atoms with van der Waals surface area (Å²) in [4.78, 5) is 12.4. The second kappa shape index (κ2) is 9.38. The third kappa shape index (κ3) is 5.24. The standard InChI is InChI=1S/C28H31FO/c1-5-6-7-8-20-9-11-21(12-10-20)22-13-15-23(16-14-22)24-17-18-25(26(29)19-24)27(30)28(2,3)4/h9-19H,5-8H2,1-4H3. The first-order valence-corrected chi connectivity index (χ1v) is 10.8. The van der Waals surface area contributed by atoms with Gasteiger partial charge in [0.25, 0.3) is 0 Å². The molecule has 0 amide bonds. The average molecular weight is 403 g/mol. The minimum atomic E-state index is -0.602. The van der Waals surface area contributed by atoms with Crippen LogP contribution >= 0.6 is 0 Å². The van der Waals surface area contributed by atoms with Gasteiger partial charge in [0.05, 0.1) is 5.56 Å². The molecule has 0 saturated carbocycles. The summed E-state index contributed by atoms with van der Waals surface area (Å²) in [6, 6.07) is 21.8. The van der Waals surface area contributed by atoms with Crippen molar-refractivity contribution in [3.05, 3.63) is 83.7 Å². The molecule has 156 valence electrons. The summed E-state index contributed by atoms with van der Waals surface area (Å²) in [6.07, 6.45) is 4.88.